The molecule has 2 rings (SSSR count). The first-order valence-corrected chi connectivity index (χ1v) is 13.8. The quantitative estimate of drug-likeness (QED) is 0.419. The summed E-state index contributed by atoms with van der Waals surface area (Å²) in [5.74, 6) is -1.07. The van der Waals surface area contributed by atoms with Gasteiger partial charge in [-0.2, -0.15) is 0 Å². The summed E-state index contributed by atoms with van der Waals surface area (Å²) >= 11 is 1.11. The molecule has 11 heteroatoms. The Labute approximate surface area is 218 Å². The highest BCUT2D eigenvalue weighted by molar-refractivity contribution is 8.13. The van der Waals surface area contributed by atoms with Crippen molar-refractivity contribution in [3.05, 3.63) is 0 Å². The van der Waals surface area contributed by atoms with Crippen LogP contribution in [-0.2, 0) is 23.9 Å². The lowest BCUT2D eigenvalue weighted by molar-refractivity contribution is -0.134. The number of nitrogens with one attached hydrogen (secondary N) is 3. The minimum atomic E-state index is -0.819. The second-order valence-electron chi connectivity index (χ2n) is 10.8. The number of carbonyl (C=O) groups excluding carboxylic acids is 5. The first-order chi connectivity index (χ1) is 16.8. The molecule has 4 amide bonds. The van der Waals surface area contributed by atoms with Gasteiger partial charge in [-0.3, -0.25) is 19.2 Å². The molecule has 10 nitrogen and oxygen atoms in total. The van der Waals surface area contributed by atoms with Crippen LogP contribution in [0.2, 0.25) is 0 Å². The predicted molar refractivity (Wildman–Crippen MR) is 138 cm³/mol. The predicted octanol–water partition coefficient (Wildman–Crippen LogP) is 2.07. The fraction of sp³-hybridized carbons (Fsp3) is 0.800. The fourth-order valence-electron chi connectivity index (χ4n) is 4.33. The van der Waals surface area contributed by atoms with E-state index in [2.05, 4.69) is 16.0 Å². The van der Waals surface area contributed by atoms with E-state index in [1.165, 1.54) is 0 Å². The number of carbonyl (C=O) groups is 5. The van der Waals surface area contributed by atoms with Crippen LogP contribution in [0.25, 0.3) is 0 Å². The number of piperidine rings is 1. The maximum atomic E-state index is 13.2. The van der Waals surface area contributed by atoms with E-state index < -0.39 is 29.7 Å². The molecule has 36 heavy (non-hydrogen) atoms. The highest BCUT2D eigenvalue weighted by atomic mass is 32.2. The standard InChI is InChI=1S/C25H42N4O6S/c1-7-36-23(33)18(14-17-8-11-26-20(17)30)27-22(32)19(15(2)3)28-21(31)16-9-12-29(13-10-16)24(34)35-25(4,5)6/h15-19H,7-14H2,1-6H3,(H,26,30)(H,27,32)(H,28,31)/t17-,18-,19-/m0/s1. The zero-order valence-corrected chi connectivity index (χ0v) is 23.2. The van der Waals surface area contributed by atoms with Crippen LogP contribution in [0.3, 0.4) is 0 Å². The third-order valence-corrected chi connectivity index (χ3v) is 7.19. The number of ether oxygens (including phenoxy) is 1. The zero-order chi connectivity index (χ0) is 27.0. The molecule has 0 spiro atoms. The van der Waals surface area contributed by atoms with Gasteiger partial charge < -0.3 is 25.6 Å². The lowest BCUT2D eigenvalue weighted by Crippen LogP contribution is -2.55. The average molecular weight is 527 g/mol. The number of nitrogens with zero attached hydrogens (tertiary/aromatic N) is 1. The van der Waals surface area contributed by atoms with Gasteiger partial charge in [0.1, 0.15) is 11.6 Å². The first-order valence-electron chi connectivity index (χ1n) is 12.8. The smallest absolute Gasteiger partial charge is 0.410 e. The van der Waals surface area contributed by atoms with Crippen molar-refractivity contribution >= 4 is 40.7 Å². The Balaban J connectivity index is 1.97. The van der Waals surface area contributed by atoms with Crippen molar-refractivity contribution in [2.75, 3.05) is 25.4 Å². The Kier molecular flexibility index (Phi) is 11.1. The van der Waals surface area contributed by atoms with Crippen LogP contribution in [0, 0.1) is 17.8 Å². The van der Waals surface area contributed by atoms with Gasteiger partial charge in [-0.1, -0.05) is 32.5 Å². The van der Waals surface area contributed by atoms with Crippen LogP contribution in [0.4, 0.5) is 4.79 Å². The van der Waals surface area contributed by atoms with E-state index in [-0.39, 0.29) is 41.1 Å². The van der Waals surface area contributed by atoms with Crippen LogP contribution in [0.1, 0.15) is 67.2 Å². The van der Waals surface area contributed by atoms with Gasteiger partial charge in [0.25, 0.3) is 0 Å². The first kappa shape index (κ1) is 29.9. The van der Waals surface area contributed by atoms with Crippen LogP contribution >= 0.6 is 11.8 Å². The zero-order valence-electron chi connectivity index (χ0n) is 22.3. The summed E-state index contributed by atoms with van der Waals surface area (Å²) in [5, 5.41) is 8.25. The molecule has 3 N–H and O–H groups in total. The molecule has 0 unspecified atom stereocenters. The normalized spacial score (nSPS) is 20.5. The highest BCUT2D eigenvalue weighted by Gasteiger charge is 2.35. The van der Waals surface area contributed by atoms with Gasteiger partial charge in [-0.05, 0) is 58.1 Å². The Morgan fingerprint density at radius 3 is 2.25 bits per heavy atom. The SMILES string of the molecule is CCSC(=O)[C@H](C[C@@H]1CCNC1=O)NC(=O)[C@@H](NC(=O)C1CCN(C(=O)OC(C)(C)C)CC1)C(C)C. The molecule has 2 heterocycles. The van der Waals surface area contributed by atoms with E-state index in [0.717, 1.165) is 11.8 Å². The van der Waals surface area contributed by atoms with Crippen LogP contribution < -0.4 is 16.0 Å². The van der Waals surface area contributed by atoms with Crippen LogP contribution in [0.5, 0.6) is 0 Å². The molecule has 0 aromatic heterocycles. The minimum Gasteiger partial charge on any atom is -0.444 e. The molecule has 0 saturated carbocycles. The lowest BCUT2D eigenvalue weighted by atomic mass is 9.94. The highest BCUT2D eigenvalue weighted by Crippen LogP contribution is 2.22. The molecular weight excluding hydrogens is 484 g/mol. The Bertz CT molecular complexity index is 820. The molecule has 0 radical (unpaired) electrons. The molecule has 2 saturated heterocycles. The minimum absolute atomic E-state index is 0.102. The molecule has 3 atom stereocenters. The van der Waals surface area contributed by atoms with Crippen molar-refractivity contribution in [3.63, 3.8) is 0 Å². The monoisotopic (exact) mass is 526 g/mol. The summed E-state index contributed by atoms with van der Waals surface area (Å²) in [4.78, 5) is 64.8. The van der Waals surface area contributed by atoms with Crippen LogP contribution in [0.15, 0.2) is 0 Å². The maximum Gasteiger partial charge on any atom is 0.410 e. The third-order valence-electron chi connectivity index (χ3n) is 6.33. The number of rotatable bonds is 9. The molecule has 204 valence electrons. The van der Waals surface area contributed by atoms with Gasteiger partial charge in [0, 0.05) is 31.5 Å². The molecule has 0 bridgehead atoms. The largest absolute Gasteiger partial charge is 0.444 e. The molecule has 0 aliphatic carbocycles. The van der Waals surface area contributed by atoms with E-state index in [4.69, 9.17) is 4.74 Å². The molecule has 2 fully saturated rings. The van der Waals surface area contributed by atoms with Crippen molar-refractivity contribution in [1.82, 2.24) is 20.9 Å². The number of likely N-dealkylation sites (tertiary alicyclic amines) is 1. The average Bonchev–Trinajstić information content (AvgIpc) is 3.19. The molecule has 0 aromatic carbocycles. The summed E-state index contributed by atoms with van der Waals surface area (Å²) in [6.07, 6.45) is 1.43. The summed E-state index contributed by atoms with van der Waals surface area (Å²) in [7, 11) is 0. The Morgan fingerprint density at radius 2 is 1.75 bits per heavy atom. The van der Waals surface area contributed by atoms with Gasteiger partial charge in [-0.25, -0.2) is 4.79 Å². The molecule has 2 aliphatic rings. The van der Waals surface area contributed by atoms with Gasteiger partial charge in [0.05, 0.1) is 6.04 Å². The number of thioether (sulfide) groups is 1. The van der Waals surface area contributed by atoms with Crippen molar-refractivity contribution in [3.8, 4) is 0 Å². The third kappa shape index (κ3) is 8.97. The fourth-order valence-corrected chi connectivity index (χ4v) is 4.97. The molecular formula is C25H42N4O6S. The van der Waals surface area contributed by atoms with Gasteiger partial charge in [0.15, 0.2) is 0 Å². The number of hydrogen-bond acceptors (Lipinski definition) is 7. The molecule has 2 aliphatic heterocycles. The maximum absolute atomic E-state index is 13.2. The summed E-state index contributed by atoms with van der Waals surface area (Å²) in [5.41, 5.74) is -0.584. The lowest BCUT2D eigenvalue weighted by Gasteiger charge is -2.34. The summed E-state index contributed by atoms with van der Waals surface area (Å²) in [6.45, 7) is 12.3. The summed E-state index contributed by atoms with van der Waals surface area (Å²) in [6, 6.07) is -1.62. The Morgan fingerprint density at radius 1 is 1.11 bits per heavy atom. The second kappa shape index (κ2) is 13.3. The van der Waals surface area contributed by atoms with E-state index in [9.17, 15) is 24.0 Å². The van der Waals surface area contributed by atoms with Gasteiger partial charge in [0.2, 0.25) is 22.8 Å². The van der Waals surface area contributed by atoms with E-state index in [0.29, 0.717) is 44.6 Å². The van der Waals surface area contributed by atoms with Gasteiger partial charge in [-0.15, -0.1) is 0 Å². The van der Waals surface area contributed by atoms with Crippen molar-refractivity contribution < 1.29 is 28.7 Å². The number of amides is 4. The van der Waals surface area contributed by atoms with Gasteiger partial charge >= 0.3 is 6.09 Å². The second-order valence-corrected chi connectivity index (χ2v) is 12.1. The van der Waals surface area contributed by atoms with E-state index in [1.807, 2.05) is 41.5 Å². The Hall–Kier alpha value is -2.30. The van der Waals surface area contributed by atoms with Crippen molar-refractivity contribution in [1.29, 1.82) is 0 Å². The van der Waals surface area contributed by atoms with Crippen molar-refractivity contribution in [2.24, 2.45) is 17.8 Å². The van der Waals surface area contributed by atoms with E-state index >= 15 is 0 Å². The topological polar surface area (TPSA) is 134 Å². The number of hydrogen-bond donors (Lipinski definition) is 3. The molecule has 0 aromatic rings. The van der Waals surface area contributed by atoms with E-state index in [1.54, 1.807) is 4.90 Å². The summed E-state index contributed by atoms with van der Waals surface area (Å²) < 4.78 is 5.41. The van der Waals surface area contributed by atoms with Crippen LogP contribution in [-0.4, -0.2) is 76.9 Å². The van der Waals surface area contributed by atoms with Crippen molar-refractivity contribution in [2.45, 2.75) is 84.9 Å².